The zero-order valence-corrected chi connectivity index (χ0v) is 16.0. The number of nitrogens with one attached hydrogen (secondary N) is 2. The molecule has 0 aliphatic rings. The molecule has 27 heavy (non-hydrogen) atoms. The Morgan fingerprint density at radius 2 is 1.85 bits per heavy atom. The predicted molar refractivity (Wildman–Crippen MR) is 102 cm³/mol. The van der Waals surface area contributed by atoms with Crippen molar-refractivity contribution in [1.82, 2.24) is 14.3 Å². The van der Waals surface area contributed by atoms with E-state index in [1.165, 1.54) is 32.4 Å². The molecule has 3 aromatic rings. The maximum atomic E-state index is 12.9. The summed E-state index contributed by atoms with van der Waals surface area (Å²) in [6.45, 7) is 0.0199. The first-order chi connectivity index (χ1) is 12.7. The van der Waals surface area contributed by atoms with Crippen LogP contribution in [0.3, 0.4) is 0 Å². The SMILES string of the molecule is COc1ccc(Cl)cc1CN(C)S(=O)(=O)c1ccc2[nH]c(=O)[nH]c(=O)c2c1. The Bertz CT molecular complexity index is 1230. The van der Waals surface area contributed by atoms with Crippen LogP contribution in [0.1, 0.15) is 5.56 Å². The van der Waals surface area contributed by atoms with Crippen LogP contribution in [-0.2, 0) is 16.6 Å². The van der Waals surface area contributed by atoms with Crippen molar-refractivity contribution in [2.75, 3.05) is 14.2 Å². The molecule has 2 N–H and O–H groups in total. The molecule has 10 heteroatoms. The molecule has 142 valence electrons. The molecule has 0 aliphatic heterocycles. The van der Waals surface area contributed by atoms with Crippen molar-refractivity contribution in [2.24, 2.45) is 0 Å². The number of fused-ring (bicyclic) bond motifs is 1. The van der Waals surface area contributed by atoms with E-state index in [1.807, 2.05) is 0 Å². The lowest BCUT2D eigenvalue weighted by molar-refractivity contribution is 0.398. The van der Waals surface area contributed by atoms with Gasteiger partial charge in [0.2, 0.25) is 10.0 Å². The highest BCUT2D eigenvalue weighted by Gasteiger charge is 2.23. The van der Waals surface area contributed by atoms with Gasteiger partial charge in [-0.1, -0.05) is 11.6 Å². The molecule has 0 amide bonds. The zero-order chi connectivity index (χ0) is 19.8. The second kappa shape index (κ2) is 7.18. The number of aromatic nitrogens is 2. The molecule has 2 aromatic carbocycles. The fraction of sp³-hybridized carbons (Fsp3) is 0.176. The van der Waals surface area contributed by atoms with Crippen LogP contribution in [0.5, 0.6) is 5.75 Å². The third-order valence-corrected chi connectivity index (χ3v) is 6.09. The molecule has 0 fully saturated rings. The van der Waals surface area contributed by atoms with Gasteiger partial charge in [-0.15, -0.1) is 0 Å². The van der Waals surface area contributed by atoms with Gasteiger partial charge in [0.15, 0.2) is 0 Å². The van der Waals surface area contributed by atoms with Gasteiger partial charge < -0.3 is 9.72 Å². The minimum atomic E-state index is -3.90. The van der Waals surface area contributed by atoms with E-state index >= 15 is 0 Å². The fourth-order valence-electron chi connectivity index (χ4n) is 2.68. The van der Waals surface area contributed by atoms with E-state index < -0.39 is 21.3 Å². The summed E-state index contributed by atoms with van der Waals surface area (Å²) in [5.41, 5.74) is -0.473. The Labute approximate surface area is 159 Å². The monoisotopic (exact) mass is 409 g/mol. The van der Waals surface area contributed by atoms with Gasteiger partial charge in [0.05, 0.1) is 22.9 Å². The highest BCUT2D eigenvalue weighted by atomic mass is 35.5. The molecule has 0 atom stereocenters. The van der Waals surface area contributed by atoms with Gasteiger partial charge >= 0.3 is 5.69 Å². The number of aromatic amines is 2. The molecule has 0 spiro atoms. The zero-order valence-electron chi connectivity index (χ0n) is 14.4. The van der Waals surface area contributed by atoms with Gasteiger partial charge in [-0.3, -0.25) is 9.78 Å². The van der Waals surface area contributed by atoms with Crippen LogP contribution in [0.4, 0.5) is 0 Å². The van der Waals surface area contributed by atoms with Crippen molar-refractivity contribution < 1.29 is 13.2 Å². The number of benzene rings is 2. The molecule has 0 bridgehead atoms. The van der Waals surface area contributed by atoms with Crippen LogP contribution < -0.4 is 16.0 Å². The first kappa shape index (κ1) is 19.2. The topological polar surface area (TPSA) is 112 Å². The summed E-state index contributed by atoms with van der Waals surface area (Å²) < 4.78 is 32.2. The predicted octanol–water partition coefficient (Wildman–Crippen LogP) is 1.70. The maximum Gasteiger partial charge on any atom is 0.326 e. The average molecular weight is 410 g/mol. The summed E-state index contributed by atoms with van der Waals surface area (Å²) >= 11 is 5.99. The third-order valence-electron chi connectivity index (χ3n) is 4.05. The van der Waals surface area contributed by atoms with Gasteiger partial charge in [-0.2, -0.15) is 4.31 Å². The summed E-state index contributed by atoms with van der Waals surface area (Å²) in [7, 11) is -1.01. The minimum absolute atomic E-state index is 0.0199. The number of H-pyrrole nitrogens is 2. The van der Waals surface area contributed by atoms with Crippen LogP contribution in [0.25, 0.3) is 10.9 Å². The summed E-state index contributed by atoms with van der Waals surface area (Å²) in [6, 6.07) is 8.87. The van der Waals surface area contributed by atoms with E-state index in [9.17, 15) is 18.0 Å². The van der Waals surface area contributed by atoms with E-state index in [0.29, 0.717) is 16.3 Å². The normalized spacial score (nSPS) is 11.9. The number of methoxy groups -OCH3 is 1. The number of nitrogens with zero attached hydrogens (tertiary/aromatic N) is 1. The summed E-state index contributed by atoms with van der Waals surface area (Å²) in [4.78, 5) is 27.7. The number of ether oxygens (including phenoxy) is 1. The summed E-state index contributed by atoms with van der Waals surface area (Å²) in [5, 5.41) is 0.530. The molecule has 1 aromatic heterocycles. The highest BCUT2D eigenvalue weighted by Crippen LogP contribution is 2.26. The van der Waals surface area contributed by atoms with E-state index in [-0.39, 0.29) is 22.3 Å². The lowest BCUT2D eigenvalue weighted by atomic mass is 10.2. The molecule has 0 aliphatic carbocycles. The van der Waals surface area contributed by atoms with E-state index in [2.05, 4.69) is 9.97 Å². The first-order valence-corrected chi connectivity index (χ1v) is 9.59. The Balaban J connectivity index is 2.01. The molecule has 0 unspecified atom stereocenters. The third kappa shape index (κ3) is 3.75. The second-order valence-electron chi connectivity index (χ2n) is 5.83. The van der Waals surface area contributed by atoms with Crippen LogP contribution >= 0.6 is 11.6 Å². The Morgan fingerprint density at radius 3 is 2.56 bits per heavy atom. The van der Waals surface area contributed by atoms with E-state index in [1.54, 1.807) is 18.2 Å². The minimum Gasteiger partial charge on any atom is -0.496 e. The number of rotatable bonds is 5. The van der Waals surface area contributed by atoms with Gasteiger partial charge in [0.25, 0.3) is 5.56 Å². The van der Waals surface area contributed by atoms with Gasteiger partial charge in [-0.05, 0) is 36.4 Å². The van der Waals surface area contributed by atoms with Crippen LogP contribution in [0, 0.1) is 0 Å². The quantitative estimate of drug-likeness (QED) is 0.666. The molecule has 8 nitrogen and oxygen atoms in total. The number of hydrogen-bond donors (Lipinski definition) is 2. The summed E-state index contributed by atoms with van der Waals surface area (Å²) in [5.74, 6) is 0.508. The van der Waals surface area contributed by atoms with Crippen LogP contribution in [-0.4, -0.2) is 36.8 Å². The van der Waals surface area contributed by atoms with Crippen molar-refractivity contribution in [3.05, 3.63) is 67.8 Å². The number of halogens is 1. The molecule has 3 rings (SSSR count). The molecule has 0 saturated carbocycles. The largest absolute Gasteiger partial charge is 0.496 e. The van der Waals surface area contributed by atoms with Crippen molar-refractivity contribution in [1.29, 1.82) is 0 Å². The van der Waals surface area contributed by atoms with Crippen LogP contribution in [0.2, 0.25) is 5.02 Å². The second-order valence-corrected chi connectivity index (χ2v) is 8.31. The molecule has 0 saturated heterocycles. The lowest BCUT2D eigenvalue weighted by Gasteiger charge is -2.19. The van der Waals surface area contributed by atoms with Crippen molar-refractivity contribution >= 4 is 32.5 Å². The highest BCUT2D eigenvalue weighted by molar-refractivity contribution is 7.89. The van der Waals surface area contributed by atoms with Gasteiger partial charge in [0, 0.05) is 24.2 Å². The standard InChI is InChI=1S/C17H16ClN3O5S/c1-21(9-10-7-11(18)3-6-15(10)26-2)27(24,25)12-4-5-14-13(8-12)16(22)20-17(23)19-14/h3-8H,9H2,1-2H3,(H2,19,20,22,23). The Hall–Kier alpha value is -2.62. The molecular weight excluding hydrogens is 394 g/mol. The van der Waals surface area contributed by atoms with E-state index in [4.69, 9.17) is 16.3 Å². The lowest BCUT2D eigenvalue weighted by Crippen LogP contribution is -2.27. The van der Waals surface area contributed by atoms with Gasteiger partial charge in [0.1, 0.15) is 5.75 Å². The number of hydrogen-bond acceptors (Lipinski definition) is 5. The Kier molecular flexibility index (Phi) is 5.09. The number of sulfonamides is 1. The smallest absolute Gasteiger partial charge is 0.326 e. The van der Waals surface area contributed by atoms with Crippen molar-refractivity contribution in [3.8, 4) is 5.75 Å². The van der Waals surface area contributed by atoms with Crippen molar-refractivity contribution in [2.45, 2.75) is 11.4 Å². The molecule has 1 heterocycles. The fourth-order valence-corrected chi connectivity index (χ4v) is 4.05. The maximum absolute atomic E-state index is 12.9. The van der Waals surface area contributed by atoms with Crippen molar-refractivity contribution in [3.63, 3.8) is 0 Å². The first-order valence-electron chi connectivity index (χ1n) is 7.77. The Morgan fingerprint density at radius 1 is 1.11 bits per heavy atom. The average Bonchev–Trinajstić information content (AvgIpc) is 2.61. The van der Waals surface area contributed by atoms with E-state index in [0.717, 1.165) is 4.31 Å². The molecule has 0 radical (unpaired) electrons. The summed E-state index contributed by atoms with van der Waals surface area (Å²) in [6.07, 6.45) is 0. The van der Waals surface area contributed by atoms with Gasteiger partial charge in [-0.25, -0.2) is 13.2 Å². The van der Waals surface area contributed by atoms with Crippen LogP contribution in [0.15, 0.2) is 50.9 Å². The molecular formula is C17H16ClN3O5S.